The Morgan fingerprint density at radius 2 is 0.569 bits per heavy atom. The second-order valence-electron chi connectivity index (χ2n) is 41.4. The Morgan fingerprint density at radius 3 is 0.923 bits per heavy atom. The highest BCUT2D eigenvalue weighted by molar-refractivity contribution is 9.10. The van der Waals surface area contributed by atoms with Crippen LogP contribution < -0.4 is 5.46 Å². The van der Waals surface area contributed by atoms with Crippen LogP contribution in [0.5, 0.6) is 0 Å². The first-order valence-electron chi connectivity index (χ1n) is 51.4. The zero-order chi connectivity index (χ0) is 89.4. The molecule has 130 heavy (non-hydrogen) atoms. The third-order valence-electron chi connectivity index (χ3n) is 33.2. The molecule has 0 saturated carbocycles. The molecule has 0 unspecified atom stereocenters. The Morgan fingerprint density at radius 1 is 0.277 bits per heavy atom. The summed E-state index contributed by atoms with van der Waals surface area (Å²) in [5, 5.41) is 0. The highest BCUT2D eigenvalue weighted by Gasteiger charge is 2.54. The molecule has 0 bridgehead atoms. The molecule has 0 aromatic heterocycles. The lowest BCUT2D eigenvalue weighted by Gasteiger charge is -2.37. The van der Waals surface area contributed by atoms with E-state index < -0.39 is 0 Å². The topological polar surface area (TPSA) is 18.5 Å². The number of aryl methyl sites for hydroxylation is 8. The first-order chi connectivity index (χ1) is 63.5. The molecule has 2 nitrogen and oxygen atoms in total. The van der Waals surface area contributed by atoms with Gasteiger partial charge in [-0.1, -0.05) is 429 Å². The third kappa shape index (κ3) is 16.3. The van der Waals surface area contributed by atoms with E-state index in [0.717, 1.165) is 9.94 Å². The average molecular weight is 1780 g/mol. The third-order valence-corrected chi connectivity index (χ3v) is 33.7. The minimum atomic E-state index is -0.370. The maximum atomic E-state index is 6.53. The van der Waals surface area contributed by atoms with Gasteiger partial charge in [0.2, 0.25) is 0 Å². The van der Waals surface area contributed by atoms with Crippen LogP contribution >= 0.6 is 15.9 Å². The van der Waals surface area contributed by atoms with Crippen molar-refractivity contribution in [1.29, 1.82) is 0 Å². The van der Waals surface area contributed by atoms with Gasteiger partial charge in [0.25, 0.3) is 0 Å². The van der Waals surface area contributed by atoms with E-state index in [4.69, 9.17) is 9.31 Å². The minimum Gasteiger partial charge on any atom is -0.399 e. The normalized spacial score (nSPS) is 16.5. The van der Waals surface area contributed by atoms with Gasteiger partial charge in [0.05, 0.1) is 22.0 Å². The molecule has 12 aromatic carbocycles. The summed E-state index contributed by atoms with van der Waals surface area (Å²) in [7, 11) is -0.330. The fourth-order valence-corrected chi connectivity index (χ4v) is 25.1. The quantitative estimate of drug-likeness (QED) is 0.0288. The molecule has 9 aliphatic rings. The second kappa shape index (κ2) is 38.3. The second-order valence-corrected chi connectivity index (χ2v) is 42.3. The molecule has 666 valence electrons. The van der Waals surface area contributed by atoms with Crippen LogP contribution in [-0.2, 0) is 82.3 Å². The molecule has 0 amide bonds. The van der Waals surface area contributed by atoms with Crippen molar-refractivity contribution in [2.75, 3.05) is 0 Å². The number of hydrogen-bond acceptors (Lipinski definition) is 2. The van der Waals surface area contributed by atoms with Crippen molar-refractivity contribution in [3.63, 3.8) is 0 Å². The monoisotopic (exact) mass is 1780 g/mol. The van der Waals surface area contributed by atoms with Gasteiger partial charge >= 0.3 is 7.12 Å². The van der Waals surface area contributed by atoms with E-state index in [9.17, 15) is 0 Å². The van der Waals surface area contributed by atoms with Gasteiger partial charge in [-0.3, -0.25) is 0 Å². The molecular weight excluding hydrogens is 1640 g/mol. The average Bonchev–Trinajstić information content (AvgIpc) is 1.53. The maximum Gasteiger partial charge on any atom is 0.494 e. The van der Waals surface area contributed by atoms with Crippen molar-refractivity contribution >= 4 is 40.7 Å². The number of fused-ring (bicyclic) bond motifs is 16. The van der Waals surface area contributed by atoms with Crippen LogP contribution in [0.15, 0.2) is 248 Å². The van der Waals surface area contributed by atoms with Gasteiger partial charge in [-0.25, -0.2) is 0 Å². The minimum absolute atomic E-state index is 0.0176. The van der Waals surface area contributed by atoms with E-state index in [-0.39, 0.29) is 40.0 Å². The van der Waals surface area contributed by atoms with Crippen molar-refractivity contribution in [2.45, 2.75) is 319 Å². The summed E-state index contributed by atoms with van der Waals surface area (Å²) in [5.74, 6) is 0. The van der Waals surface area contributed by atoms with E-state index in [1.807, 2.05) is 6.08 Å². The molecular formula is C126H140BBrO2. The van der Waals surface area contributed by atoms with Crippen LogP contribution in [0.3, 0.4) is 0 Å². The number of hydrogen-bond donors (Lipinski definition) is 0. The van der Waals surface area contributed by atoms with E-state index >= 15 is 0 Å². The predicted octanol–water partition coefficient (Wildman–Crippen LogP) is 33.7. The summed E-state index contributed by atoms with van der Waals surface area (Å²) in [4.78, 5) is 0. The van der Waals surface area contributed by atoms with Crippen LogP contribution in [0, 0.1) is 0 Å². The molecule has 1 fully saturated rings. The summed E-state index contributed by atoms with van der Waals surface area (Å²) >= 11 is 3.78. The van der Waals surface area contributed by atoms with Gasteiger partial charge in [-0.05, 0) is 313 Å². The number of rotatable bonds is 36. The van der Waals surface area contributed by atoms with Gasteiger partial charge in [0, 0.05) is 15.3 Å². The van der Waals surface area contributed by atoms with Crippen LogP contribution in [0.25, 0.3) is 67.8 Å². The molecule has 0 N–H and O–H groups in total. The predicted molar refractivity (Wildman–Crippen MR) is 557 cm³/mol. The largest absolute Gasteiger partial charge is 0.494 e. The Balaban J connectivity index is 0.000000135. The summed E-state index contributed by atoms with van der Waals surface area (Å²) < 4.78 is 14.2. The van der Waals surface area contributed by atoms with Crippen molar-refractivity contribution in [3.05, 3.63) is 371 Å². The van der Waals surface area contributed by atoms with Crippen molar-refractivity contribution in [3.8, 4) is 55.6 Å². The van der Waals surface area contributed by atoms with E-state index in [1.54, 1.807) is 11.1 Å². The fourth-order valence-electron chi connectivity index (χ4n) is 24.8. The number of halogens is 1. The Labute approximate surface area is 789 Å². The number of benzene rings is 12. The zero-order valence-corrected chi connectivity index (χ0v) is 81.3. The van der Waals surface area contributed by atoms with E-state index in [1.165, 1.54) is 398 Å². The summed E-state index contributed by atoms with van der Waals surface area (Å²) in [6.07, 6.45) is 50.4. The fraction of sp³-hybridized carbons (Fsp3) is 0.397. The highest BCUT2D eigenvalue weighted by Crippen LogP contribution is 2.62. The van der Waals surface area contributed by atoms with Crippen LogP contribution in [0.4, 0.5) is 0 Å². The Kier molecular flexibility index (Phi) is 26.4. The lowest BCUT2D eigenvalue weighted by atomic mass is 9.65. The van der Waals surface area contributed by atoms with E-state index in [0.29, 0.717) is 0 Å². The van der Waals surface area contributed by atoms with Gasteiger partial charge in [0.1, 0.15) is 0 Å². The SMILES string of the molecule is Brc1ccc2c(c1)C(c1ccc3c(c1)CC3)(c1ccc3c(c1)CC3)c1ccccc1-2.C=Cc1ccc2c(c1)C(CCCCCCCC)(CCCCCCCC)c1cc(-c3ccc4c(c3)C(c3ccc5c(c3)CC5)(c3ccc5c(c3)CC5)c3ccccc3-4)ccc1-2.C=Cc1ccc2c(c1)C(CCCCCCCC)(CCCCCCCC)c1cc(B3OC(C)(C)C(C)(C)O3)ccc1-2. The summed E-state index contributed by atoms with van der Waals surface area (Å²) in [6.45, 7) is 26.2. The van der Waals surface area contributed by atoms with Gasteiger partial charge in [-0.2, -0.15) is 0 Å². The molecule has 0 spiro atoms. The zero-order valence-electron chi connectivity index (χ0n) is 79.7. The number of unbranched alkanes of at least 4 members (excludes halogenated alkanes) is 20. The lowest BCUT2D eigenvalue weighted by Crippen LogP contribution is -2.41. The first kappa shape index (κ1) is 89.8. The Hall–Kier alpha value is -9.42. The van der Waals surface area contributed by atoms with Crippen molar-refractivity contribution < 1.29 is 9.31 Å². The molecule has 12 aromatic rings. The molecule has 4 heteroatoms. The maximum absolute atomic E-state index is 6.53. The molecule has 8 aliphatic carbocycles. The van der Waals surface area contributed by atoms with E-state index in [2.05, 4.69) is 321 Å². The van der Waals surface area contributed by atoms with Gasteiger partial charge in [-0.15, -0.1) is 0 Å². The van der Waals surface area contributed by atoms with Crippen LogP contribution in [0.1, 0.15) is 358 Å². The molecule has 1 aliphatic heterocycles. The standard InChI is InChI=1S/C60H64.C37H55BO2.C29H21Br/c1-4-7-9-11-13-17-35-59(36-18-14-12-10-8-5-2)56-37-42(6-3)21-32-52(56)53-33-28-47(40-57(53)59)48-29-34-54-51-19-15-16-20-55(51)60(58(54)41-48,49-30-26-43-22-24-45(43)38-49)50-31-27-44-23-25-46(44)39-50;1-8-11-13-15-17-19-25-37(26-20-18-16-14-12-9-2)33-27-29(10-3)21-23-31(33)32-24-22-30(28-34(32)37)38-39-35(4,5)36(6,7)40-38;30-24-13-14-26-25-3-1-2-4-27(25)29(28(26)17-24,22-11-9-18-5-7-20(18)15-22)23-12-10-19-6-8-21(19)16-23/h6,15-16,19-21,26-34,37-41H,3-5,7-14,17-18,22-25,35-36H2,1-2H3;10,21-24,27-28H,3,8-9,11-20,25-26H2,1-2,4-7H3;1-4,9-17H,5-8H2. The van der Waals surface area contributed by atoms with Gasteiger partial charge in [0.15, 0.2) is 0 Å². The van der Waals surface area contributed by atoms with Crippen molar-refractivity contribution in [1.82, 2.24) is 0 Å². The lowest BCUT2D eigenvalue weighted by molar-refractivity contribution is 0.00578. The molecule has 0 radical (unpaired) electrons. The smallest absolute Gasteiger partial charge is 0.399 e. The first-order valence-corrected chi connectivity index (χ1v) is 52.2. The highest BCUT2D eigenvalue weighted by atomic mass is 79.9. The summed E-state index contributed by atoms with van der Waals surface area (Å²) in [6, 6.07) is 91.0. The molecule has 1 heterocycles. The van der Waals surface area contributed by atoms with Crippen LogP contribution in [-0.4, -0.2) is 18.3 Å². The Bertz CT molecular complexity index is 6030. The summed E-state index contributed by atoms with van der Waals surface area (Å²) in [5.41, 5.74) is 45.9. The van der Waals surface area contributed by atoms with Crippen LogP contribution in [0.2, 0.25) is 0 Å². The molecule has 0 atom stereocenters. The molecule has 1 saturated heterocycles. The molecule has 21 rings (SSSR count). The van der Waals surface area contributed by atoms with Gasteiger partial charge < -0.3 is 9.31 Å². The van der Waals surface area contributed by atoms with Crippen molar-refractivity contribution in [2.24, 2.45) is 0 Å².